The number of hydrogen-bond acceptors (Lipinski definition) is 2. The van der Waals surface area contributed by atoms with Crippen LogP contribution in [0.3, 0.4) is 0 Å². The molecule has 0 fully saturated rings. The van der Waals surface area contributed by atoms with E-state index in [2.05, 4.69) is 11.2 Å². The molecule has 1 N–H and O–H groups in total. The van der Waals surface area contributed by atoms with Gasteiger partial charge in [-0.2, -0.15) is 0 Å². The van der Waals surface area contributed by atoms with Crippen LogP contribution in [0.4, 0.5) is 0 Å². The van der Waals surface area contributed by atoms with E-state index < -0.39 is 0 Å². The van der Waals surface area contributed by atoms with Crippen molar-refractivity contribution in [1.82, 2.24) is 5.32 Å². The topological polar surface area (TPSA) is 29.1 Å². The molecule has 1 heterocycles. The maximum atomic E-state index is 11.4. The van der Waals surface area contributed by atoms with Crippen LogP contribution in [0, 0.1) is 12.3 Å². The summed E-state index contributed by atoms with van der Waals surface area (Å²) in [6.07, 6.45) is 9.27. The average Bonchev–Trinajstić information content (AvgIpc) is 2.75. The highest BCUT2D eigenvalue weighted by Crippen LogP contribution is 2.09. The summed E-state index contributed by atoms with van der Waals surface area (Å²) < 4.78 is 0. The molecule has 1 atom stereocenters. The summed E-state index contributed by atoms with van der Waals surface area (Å²) in [4.78, 5) is 12.4. The molecule has 0 spiro atoms. The summed E-state index contributed by atoms with van der Waals surface area (Å²) in [5.74, 6) is 2.37. The third kappa shape index (κ3) is 4.01. The van der Waals surface area contributed by atoms with E-state index in [-0.39, 0.29) is 11.9 Å². The molecule has 0 aliphatic rings. The average molecular weight is 219 g/mol. The minimum absolute atomic E-state index is 0.145. The lowest BCUT2D eigenvalue weighted by atomic mass is 10.2. The number of amides is 1. The first kappa shape index (κ1) is 11.5. The summed E-state index contributed by atoms with van der Waals surface area (Å²) in [5.41, 5.74) is 0. The minimum Gasteiger partial charge on any atom is -0.339 e. The highest BCUT2D eigenvalue weighted by molar-refractivity contribution is 7.10. The van der Waals surface area contributed by atoms with Gasteiger partial charge >= 0.3 is 0 Å². The lowest BCUT2D eigenvalue weighted by molar-refractivity contribution is -0.116. The molecule has 0 bridgehead atoms. The van der Waals surface area contributed by atoms with Gasteiger partial charge in [-0.3, -0.25) is 4.79 Å². The van der Waals surface area contributed by atoms with E-state index in [9.17, 15) is 4.79 Å². The number of rotatable bonds is 4. The smallest absolute Gasteiger partial charge is 0.244 e. The lowest BCUT2D eigenvalue weighted by Gasteiger charge is -2.07. The molecule has 0 aliphatic carbocycles. The van der Waals surface area contributed by atoms with Crippen molar-refractivity contribution < 1.29 is 4.79 Å². The molecule has 0 saturated carbocycles. The molecule has 1 aromatic rings. The second-order valence-electron chi connectivity index (χ2n) is 2.98. The second-order valence-corrected chi connectivity index (χ2v) is 3.96. The maximum Gasteiger partial charge on any atom is 0.244 e. The molecule has 0 saturated heterocycles. The molecule has 1 rings (SSSR count). The highest BCUT2D eigenvalue weighted by atomic mass is 32.1. The van der Waals surface area contributed by atoms with Gasteiger partial charge < -0.3 is 5.32 Å². The van der Waals surface area contributed by atoms with E-state index in [1.54, 1.807) is 17.4 Å². The van der Waals surface area contributed by atoms with Gasteiger partial charge in [-0.15, -0.1) is 17.8 Å². The Bertz CT molecular complexity index is 373. The molecule has 0 radical (unpaired) electrons. The van der Waals surface area contributed by atoms with Crippen molar-refractivity contribution in [2.45, 2.75) is 19.4 Å². The van der Waals surface area contributed by atoms with Crippen molar-refractivity contribution in [3.05, 3.63) is 28.5 Å². The monoisotopic (exact) mass is 219 g/mol. The number of carbonyl (C=O) groups excluding carboxylic acids is 1. The van der Waals surface area contributed by atoms with Crippen LogP contribution in [-0.2, 0) is 4.79 Å². The standard InChI is InChI=1S/C12H13NOS/c1-3-10(4-2)13-12(14)8-7-11-6-5-9-15-11/h1,5-10H,4H2,2H3,(H,13,14)/b8-7+. The molecular formula is C12H13NOS. The van der Waals surface area contributed by atoms with Gasteiger partial charge in [0.1, 0.15) is 0 Å². The van der Waals surface area contributed by atoms with Crippen molar-refractivity contribution in [2.24, 2.45) is 0 Å². The fourth-order valence-corrected chi connectivity index (χ4v) is 1.64. The summed E-state index contributed by atoms with van der Waals surface area (Å²) in [6, 6.07) is 3.72. The zero-order valence-electron chi connectivity index (χ0n) is 8.57. The molecule has 78 valence electrons. The van der Waals surface area contributed by atoms with Crippen molar-refractivity contribution >= 4 is 23.3 Å². The number of nitrogens with one attached hydrogen (secondary N) is 1. The van der Waals surface area contributed by atoms with Gasteiger partial charge in [-0.25, -0.2) is 0 Å². The van der Waals surface area contributed by atoms with Crippen molar-refractivity contribution in [3.63, 3.8) is 0 Å². The summed E-state index contributed by atoms with van der Waals surface area (Å²) in [6.45, 7) is 1.94. The largest absolute Gasteiger partial charge is 0.339 e. The third-order valence-electron chi connectivity index (χ3n) is 1.87. The summed E-state index contributed by atoms with van der Waals surface area (Å²) in [5, 5.41) is 4.69. The number of hydrogen-bond donors (Lipinski definition) is 1. The van der Waals surface area contributed by atoms with Crippen LogP contribution in [0.15, 0.2) is 23.6 Å². The van der Waals surface area contributed by atoms with Crippen LogP contribution >= 0.6 is 11.3 Å². The van der Waals surface area contributed by atoms with Crippen LogP contribution < -0.4 is 5.32 Å². The maximum absolute atomic E-state index is 11.4. The van der Waals surface area contributed by atoms with Gasteiger partial charge in [0.15, 0.2) is 0 Å². The highest BCUT2D eigenvalue weighted by Gasteiger charge is 2.03. The molecule has 0 aliphatic heterocycles. The summed E-state index contributed by atoms with van der Waals surface area (Å²) >= 11 is 1.59. The van der Waals surface area contributed by atoms with E-state index in [1.165, 1.54) is 6.08 Å². The van der Waals surface area contributed by atoms with Crippen molar-refractivity contribution in [1.29, 1.82) is 0 Å². The van der Waals surface area contributed by atoms with Gasteiger partial charge in [-0.1, -0.05) is 18.9 Å². The van der Waals surface area contributed by atoms with Crippen molar-refractivity contribution in [2.75, 3.05) is 0 Å². The van der Waals surface area contributed by atoms with E-state index >= 15 is 0 Å². The van der Waals surface area contributed by atoms with E-state index in [1.807, 2.05) is 24.4 Å². The Morgan fingerprint density at radius 3 is 3.13 bits per heavy atom. The van der Waals surface area contributed by atoms with Gasteiger partial charge in [0.2, 0.25) is 5.91 Å². The molecular weight excluding hydrogens is 206 g/mol. The first-order valence-corrected chi connectivity index (χ1v) is 5.62. The zero-order valence-corrected chi connectivity index (χ0v) is 9.38. The molecule has 1 unspecified atom stereocenters. The Morgan fingerprint density at radius 1 is 1.80 bits per heavy atom. The number of thiophene rings is 1. The molecule has 1 aromatic heterocycles. The normalized spacial score (nSPS) is 12.3. The Morgan fingerprint density at radius 2 is 2.60 bits per heavy atom. The van der Waals surface area contributed by atoms with E-state index in [0.29, 0.717) is 0 Å². The Kier molecular flexibility index (Phi) is 4.65. The second kappa shape index (κ2) is 6.05. The predicted molar refractivity (Wildman–Crippen MR) is 64.4 cm³/mol. The fraction of sp³-hybridized carbons (Fsp3) is 0.250. The molecule has 15 heavy (non-hydrogen) atoms. The minimum atomic E-state index is -0.175. The van der Waals surface area contributed by atoms with Crippen LogP contribution in [0.25, 0.3) is 6.08 Å². The predicted octanol–water partition coefficient (Wildman–Crippen LogP) is 2.29. The Hall–Kier alpha value is -1.53. The quantitative estimate of drug-likeness (QED) is 0.611. The SMILES string of the molecule is C#CC(CC)NC(=O)/C=C/c1cccs1. The van der Waals surface area contributed by atoms with Crippen LogP contribution in [0.5, 0.6) is 0 Å². The molecule has 2 nitrogen and oxygen atoms in total. The Labute approximate surface area is 94.0 Å². The summed E-state index contributed by atoms with van der Waals surface area (Å²) in [7, 11) is 0. The van der Waals surface area contributed by atoms with Gasteiger partial charge in [0.05, 0.1) is 6.04 Å². The van der Waals surface area contributed by atoms with Gasteiger partial charge in [-0.05, 0) is 23.9 Å². The lowest BCUT2D eigenvalue weighted by Crippen LogP contribution is -2.31. The van der Waals surface area contributed by atoms with Crippen molar-refractivity contribution in [3.8, 4) is 12.3 Å². The third-order valence-corrected chi connectivity index (χ3v) is 2.71. The molecule has 3 heteroatoms. The number of terminal acetylenes is 1. The van der Waals surface area contributed by atoms with Crippen LogP contribution in [0.1, 0.15) is 18.2 Å². The molecule has 0 aromatic carbocycles. The van der Waals surface area contributed by atoms with E-state index in [4.69, 9.17) is 6.42 Å². The first-order chi connectivity index (χ1) is 7.26. The van der Waals surface area contributed by atoms with E-state index in [0.717, 1.165) is 11.3 Å². The fourth-order valence-electron chi connectivity index (χ4n) is 1.03. The van der Waals surface area contributed by atoms with Gasteiger partial charge in [0.25, 0.3) is 0 Å². The van der Waals surface area contributed by atoms with Gasteiger partial charge in [0, 0.05) is 11.0 Å². The number of carbonyl (C=O) groups is 1. The Balaban J connectivity index is 2.46. The zero-order chi connectivity index (χ0) is 11.1. The van der Waals surface area contributed by atoms with Crippen LogP contribution in [0.2, 0.25) is 0 Å². The van der Waals surface area contributed by atoms with Crippen LogP contribution in [-0.4, -0.2) is 11.9 Å². The molecule has 1 amide bonds. The first-order valence-electron chi connectivity index (χ1n) is 4.74.